The number of likely N-dealkylation sites (tertiary alicyclic amines) is 1. The molecule has 0 atom stereocenters. The second kappa shape index (κ2) is 10.3. The van der Waals surface area contributed by atoms with Gasteiger partial charge in [-0.05, 0) is 67.9 Å². The Balaban J connectivity index is 1.41. The highest BCUT2D eigenvalue weighted by Crippen LogP contribution is 2.22. The number of piperidine rings is 1. The number of halogens is 1. The van der Waals surface area contributed by atoms with Gasteiger partial charge >= 0.3 is 0 Å². The van der Waals surface area contributed by atoms with E-state index in [0.717, 1.165) is 31.6 Å². The van der Waals surface area contributed by atoms with Gasteiger partial charge in [-0.15, -0.1) is 0 Å². The van der Waals surface area contributed by atoms with E-state index in [0.29, 0.717) is 34.6 Å². The summed E-state index contributed by atoms with van der Waals surface area (Å²) in [5.74, 6) is 0.752. The maximum absolute atomic E-state index is 12.5. The monoisotopic (exact) mass is 417 g/mol. The lowest BCUT2D eigenvalue weighted by Gasteiger charge is -2.26. The molecule has 1 aliphatic heterocycles. The second-order valence-electron chi connectivity index (χ2n) is 6.59. The number of anilines is 1. The van der Waals surface area contributed by atoms with Crippen LogP contribution in [0, 0.1) is 0 Å². The molecule has 2 N–H and O–H groups in total. The van der Waals surface area contributed by atoms with Gasteiger partial charge in [0.2, 0.25) is 0 Å². The number of hydrogen-bond donors (Lipinski definition) is 2. The largest absolute Gasteiger partial charge is 0.490 e. The Morgan fingerprint density at radius 2 is 1.79 bits per heavy atom. The smallest absolute Gasteiger partial charge is 0.253 e. The molecule has 1 aliphatic rings. The molecule has 5 nitrogen and oxygen atoms in total. The normalized spacial score (nSPS) is 13.7. The molecule has 1 saturated heterocycles. The van der Waals surface area contributed by atoms with Crippen LogP contribution < -0.4 is 15.4 Å². The lowest BCUT2D eigenvalue weighted by atomic mass is 10.1. The van der Waals surface area contributed by atoms with Crippen molar-refractivity contribution in [2.45, 2.75) is 19.3 Å². The zero-order chi connectivity index (χ0) is 19.8. The molecule has 7 heteroatoms. The third kappa shape index (κ3) is 5.84. The number of rotatable bonds is 6. The molecule has 0 saturated carbocycles. The number of amides is 1. The summed E-state index contributed by atoms with van der Waals surface area (Å²) in [5, 5.41) is 7.28. The average molecular weight is 418 g/mol. The Labute approximate surface area is 176 Å². The van der Waals surface area contributed by atoms with E-state index < -0.39 is 0 Å². The highest BCUT2D eigenvalue weighted by atomic mass is 35.5. The summed E-state index contributed by atoms with van der Waals surface area (Å²) >= 11 is 11.3. The lowest BCUT2D eigenvalue weighted by Crippen LogP contribution is -2.35. The van der Waals surface area contributed by atoms with Crippen LogP contribution in [0.15, 0.2) is 48.5 Å². The topological polar surface area (TPSA) is 53.6 Å². The molecule has 0 spiro atoms. The van der Waals surface area contributed by atoms with Crippen molar-refractivity contribution < 1.29 is 9.53 Å². The van der Waals surface area contributed by atoms with Gasteiger partial charge in [-0.2, -0.15) is 0 Å². The van der Waals surface area contributed by atoms with Gasteiger partial charge in [0.25, 0.3) is 5.91 Å². The fourth-order valence-corrected chi connectivity index (χ4v) is 3.45. The van der Waals surface area contributed by atoms with Crippen molar-refractivity contribution in [3.8, 4) is 5.75 Å². The molecular formula is C21H24ClN3O2S. The predicted octanol–water partition coefficient (Wildman–Crippen LogP) is 4.33. The molecular weight excluding hydrogens is 394 g/mol. The highest BCUT2D eigenvalue weighted by Gasteiger charge is 2.17. The molecule has 0 unspecified atom stereocenters. The Morgan fingerprint density at radius 1 is 1.07 bits per heavy atom. The Hall–Kier alpha value is -2.31. The molecule has 3 rings (SSSR count). The van der Waals surface area contributed by atoms with Crippen LogP contribution in [0.5, 0.6) is 5.75 Å². The maximum Gasteiger partial charge on any atom is 0.253 e. The fourth-order valence-electron chi connectivity index (χ4n) is 3.04. The summed E-state index contributed by atoms with van der Waals surface area (Å²) in [4.78, 5) is 14.4. The van der Waals surface area contributed by atoms with Gasteiger partial charge in [0.05, 0.1) is 11.6 Å². The number of nitrogens with one attached hydrogen (secondary N) is 2. The van der Waals surface area contributed by atoms with E-state index in [1.54, 1.807) is 6.07 Å². The zero-order valence-corrected chi connectivity index (χ0v) is 17.2. The number of carbonyl (C=O) groups excluding carboxylic acids is 1. The first kappa shape index (κ1) is 20.4. The van der Waals surface area contributed by atoms with Crippen LogP contribution in [-0.4, -0.2) is 42.2 Å². The van der Waals surface area contributed by atoms with Gasteiger partial charge in [0, 0.05) is 24.3 Å². The van der Waals surface area contributed by atoms with Gasteiger partial charge in [-0.3, -0.25) is 4.79 Å². The number of nitrogens with zero attached hydrogens (tertiary/aromatic N) is 1. The molecule has 2 aromatic rings. The van der Waals surface area contributed by atoms with E-state index >= 15 is 0 Å². The minimum atomic E-state index is 0.101. The standard InChI is InChI=1S/C21H24ClN3O2S/c22-18-6-2-3-7-19(18)27-15-12-23-21(28)24-17-10-8-16(9-11-17)20(26)25-13-4-1-5-14-25/h2-3,6-11H,1,4-5,12-15H2,(H2,23,24,28). The van der Waals surface area contributed by atoms with Crippen molar-refractivity contribution in [3.05, 3.63) is 59.1 Å². The van der Waals surface area contributed by atoms with E-state index in [9.17, 15) is 4.79 Å². The van der Waals surface area contributed by atoms with E-state index in [1.165, 1.54) is 6.42 Å². The van der Waals surface area contributed by atoms with Gasteiger partial charge in [-0.25, -0.2) is 0 Å². The summed E-state index contributed by atoms with van der Waals surface area (Å²) in [5.41, 5.74) is 1.54. The molecule has 148 valence electrons. The summed E-state index contributed by atoms with van der Waals surface area (Å²) in [6.45, 7) is 2.68. The summed E-state index contributed by atoms with van der Waals surface area (Å²) in [6.07, 6.45) is 3.39. The molecule has 1 fully saturated rings. The number of para-hydroxylation sites is 1. The predicted molar refractivity (Wildman–Crippen MR) is 117 cm³/mol. The van der Waals surface area contributed by atoms with Crippen molar-refractivity contribution in [1.82, 2.24) is 10.2 Å². The average Bonchev–Trinajstić information content (AvgIpc) is 2.73. The fraction of sp³-hybridized carbons (Fsp3) is 0.333. The van der Waals surface area contributed by atoms with Crippen molar-refractivity contribution >= 4 is 40.5 Å². The first-order valence-electron chi connectivity index (χ1n) is 9.45. The summed E-state index contributed by atoms with van der Waals surface area (Å²) < 4.78 is 5.61. The van der Waals surface area contributed by atoms with Gasteiger partial charge < -0.3 is 20.3 Å². The SMILES string of the molecule is O=C(c1ccc(NC(=S)NCCOc2ccccc2Cl)cc1)N1CCCCC1. The van der Waals surface area contributed by atoms with Gasteiger partial charge in [0.15, 0.2) is 5.11 Å². The van der Waals surface area contributed by atoms with Crippen LogP contribution in [0.25, 0.3) is 0 Å². The minimum Gasteiger partial charge on any atom is -0.490 e. The van der Waals surface area contributed by atoms with E-state index in [2.05, 4.69) is 10.6 Å². The Morgan fingerprint density at radius 3 is 2.50 bits per heavy atom. The zero-order valence-electron chi connectivity index (χ0n) is 15.6. The molecule has 0 aliphatic carbocycles. The van der Waals surface area contributed by atoms with Crippen molar-refractivity contribution in [3.63, 3.8) is 0 Å². The van der Waals surface area contributed by atoms with Gasteiger partial charge in [-0.1, -0.05) is 23.7 Å². The molecule has 0 bridgehead atoms. The number of thiocarbonyl (C=S) groups is 1. The molecule has 0 aromatic heterocycles. The Bertz CT molecular complexity index is 808. The van der Waals surface area contributed by atoms with Crippen LogP contribution in [-0.2, 0) is 0 Å². The van der Waals surface area contributed by atoms with E-state index in [1.807, 2.05) is 47.4 Å². The lowest BCUT2D eigenvalue weighted by molar-refractivity contribution is 0.0724. The molecule has 2 aromatic carbocycles. The summed E-state index contributed by atoms with van der Waals surface area (Å²) in [6, 6.07) is 14.8. The second-order valence-corrected chi connectivity index (χ2v) is 7.41. The van der Waals surface area contributed by atoms with Crippen molar-refractivity contribution in [2.75, 3.05) is 31.6 Å². The number of carbonyl (C=O) groups is 1. The van der Waals surface area contributed by atoms with Gasteiger partial charge in [0.1, 0.15) is 12.4 Å². The van der Waals surface area contributed by atoms with Crippen LogP contribution in [0.1, 0.15) is 29.6 Å². The van der Waals surface area contributed by atoms with E-state index in [4.69, 9.17) is 28.6 Å². The molecule has 28 heavy (non-hydrogen) atoms. The first-order valence-corrected chi connectivity index (χ1v) is 10.2. The van der Waals surface area contributed by atoms with Crippen molar-refractivity contribution in [2.24, 2.45) is 0 Å². The summed E-state index contributed by atoms with van der Waals surface area (Å²) in [7, 11) is 0. The van der Waals surface area contributed by atoms with Crippen molar-refractivity contribution in [1.29, 1.82) is 0 Å². The number of ether oxygens (including phenoxy) is 1. The highest BCUT2D eigenvalue weighted by molar-refractivity contribution is 7.80. The molecule has 1 heterocycles. The van der Waals surface area contributed by atoms with E-state index in [-0.39, 0.29) is 5.91 Å². The maximum atomic E-state index is 12.5. The quantitative estimate of drug-likeness (QED) is 0.541. The third-order valence-corrected chi connectivity index (χ3v) is 5.07. The number of benzene rings is 2. The molecule has 1 amide bonds. The Kier molecular flexibility index (Phi) is 7.51. The first-order chi connectivity index (χ1) is 13.6. The number of hydrogen-bond acceptors (Lipinski definition) is 3. The minimum absolute atomic E-state index is 0.101. The van der Waals surface area contributed by atoms with Crippen LogP contribution in [0.2, 0.25) is 5.02 Å². The van der Waals surface area contributed by atoms with Crippen LogP contribution in [0.3, 0.4) is 0 Å². The molecule has 0 radical (unpaired) electrons. The third-order valence-electron chi connectivity index (χ3n) is 4.51. The van der Waals surface area contributed by atoms with Crippen LogP contribution >= 0.6 is 23.8 Å². The van der Waals surface area contributed by atoms with Crippen LogP contribution in [0.4, 0.5) is 5.69 Å².